The van der Waals surface area contributed by atoms with Gasteiger partial charge in [0, 0.05) is 18.8 Å². The Labute approximate surface area is 158 Å². The third-order valence-corrected chi connectivity index (χ3v) is 6.30. The van der Waals surface area contributed by atoms with Gasteiger partial charge in [-0.05, 0) is 48.4 Å². The summed E-state index contributed by atoms with van der Waals surface area (Å²) in [6, 6.07) is 17.6. The number of nitrogens with zero attached hydrogens (tertiary/aromatic N) is 1. The number of hydrogen-bond donors (Lipinski definition) is 1. The van der Waals surface area contributed by atoms with Crippen LogP contribution in [0, 0.1) is 0 Å². The molecule has 134 valence electrons. The SMILES string of the molecule is CN1c2ccc(CC3SC(=O)NC3=O)cc2CCC1Cc1ccccc1. The lowest BCUT2D eigenvalue weighted by Gasteiger charge is -2.36. The second-order valence-corrected chi connectivity index (χ2v) is 8.22. The standard InChI is InChI=1S/C21H22N2O2S/c1-23-17(12-14-5-3-2-4-6-14)9-8-16-11-15(7-10-18(16)23)13-19-20(24)22-21(25)26-19/h2-7,10-11,17,19H,8-9,12-13H2,1H3,(H,22,24,25). The van der Waals surface area contributed by atoms with E-state index in [0.717, 1.165) is 36.6 Å². The van der Waals surface area contributed by atoms with Crippen molar-refractivity contribution in [3.8, 4) is 0 Å². The lowest BCUT2D eigenvalue weighted by atomic mass is 9.90. The van der Waals surface area contributed by atoms with Crippen molar-refractivity contribution < 1.29 is 9.59 Å². The summed E-state index contributed by atoms with van der Waals surface area (Å²) >= 11 is 1.10. The summed E-state index contributed by atoms with van der Waals surface area (Å²) in [5.74, 6) is -0.169. The van der Waals surface area contributed by atoms with E-state index in [1.165, 1.54) is 16.8 Å². The van der Waals surface area contributed by atoms with Crippen LogP contribution in [0.25, 0.3) is 0 Å². The second-order valence-electron chi connectivity index (χ2n) is 7.04. The number of rotatable bonds is 4. The maximum Gasteiger partial charge on any atom is 0.286 e. The number of aryl methyl sites for hydroxylation is 1. The Morgan fingerprint density at radius 3 is 2.62 bits per heavy atom. The number of carbonyl (C=O) groups is 2. The molecule has 2 heterocycles. The predicted molar refractivity (Wildman–Crippen MR) is 106 cm³/mol. The van der Waals surface area contributed by atoms with Crippen molar-refractivity contribution in [3.63, 3.8) is 0 Å². The van der Waals surface area contributed by atoms with Crippen molar-refractivity contribution >= 4 is 28.6 Å². The number of anilines is 1. The summed E-state index contributed by atoms with van der Waals surface area (Å²) in [4.78, 5) is 25.5. The van der Waals surface area contributed by atoms with E-state index in [1.807, 2.05) is 0 Å². The first-order valence-electron chi connectivity index (χ1n) is 9.00. The van der Waals surface area contributed by atoms with Crippen LogP contribution in [0.2, 0.25) is 0 Å². The van der Waals surface area contributed by atoms with E-state index in [4.69, 9.17) is 0 Å². The fourth-order valence-electron chi connectivity index (χ4n) is 3.89. The van der Waals surface area contributed by atoms with Gasteiger partial charge in [-0.2, -0.15) is 0 Å². The van der Waals surface area contributed by atoms with Gasteiger partial charge in [-0.3, -0.25) is 14.9 Å². The maximum absolute atomic E-state index is 11.8. The van der Waals surface area contributed by atoms with Crippen molar-refractivity contribution in [2.75, 3.05) is 11.9 Å². The first-order chi connectivity index (χ1) is 12.6. The van der Waals surface area contributed by atoms with Crippen LogP contribution >= 0.6 is 11.8 Å². The number of amides is 2. The number of nitrogens with one attached hydrogen (secondary N) is 1. The smallest absolute Gasteiger partial charge is 0.286 e. The van der Waals surface area contributed by atoms with Crippen LogP contribution in [0.4, 0.5) is 10.5 Å². The molecular weight excluding hydrogens is 344 g/mol. The minimum Gasteiger partial charge on any atom is -0.371 e. The minimum absolute atomic E-state index is 0.169. The van der Waals surface area contributed by atoms with Crippen molar-refractivity contribution in [2.45, 2.75) is 37.0 Å². The van der Waals surface area contributed by atoms with Crippen LogP contribution in [0.15, 0.2) is 48.5 Å². The molecule has 2 aliphatic rings. The zero-order valence-electron chi connectivity index (χ0n) is 14.8. The number of fused-ring (bicyclic) bond motifs is 1. The average molecular weight is 366 g/mol. The number of imide groups is 1. The zero-order chi connectivity index (χ0) is 18.1. The molecular formula is C21H22N2O2S. The molecule has 2 amide bonds. The summed E-state index contributed by atoms with van der Waals surface area (Å²) in [5.41, 5.74) is 5.11. The van der Waals surface area contributed by atoms with E-state index in [9.17, 15) is 9.59 Å². The van der Waals surface area contributed by atoms with Crippen molar-refractivity contribution in [1.82, 2.24) is 5.32 Å². The number of carbonyl (C=O) groups excluding carboxylic acids is 2. The van der Waals surface area contributed by atoms with Gasteiger partial charge in [0.25, 0.3) is 5.24 Å². The summed E-state index contributed by atoms with van der Waals surface area (Å²) in [6.07, 6.45) is 3.83. The molecule has 1 fully saturated rings. The molecule has 2 aliphatic heterocycles. The number of benzene rings is 2. The molecule has 0 bridgehead atoms. The van der Waals surface area contributed by atoms with Crippen molar-refractivity contribution in [1.29, 1.82) is 0 Å². The fraction of sp³-hybridized carbons (Fsp3) is 0.333. The number of hydrogen-bond acceptors (Lipinski definition) is 4. The summed E-state index contributed by atoms with van der Waals surface area (Å²) in [5, 5.41) is 1.83. The number of likely N-dealkylation sites (N-methyl/N-ethyl adjacent to an activating group) is 1. The molecule has 0 aliphatic carbocycles. The molecule has 4 nitrogen and oxygen atoms in total. The van der Waals surface area contributed by atoms with Gasteiger partial charge in [0.05, 0.1) is 5.25 Å². The normalized spacial score (nSPS) is 22.3. The Kier molecular flexibility index (Phi) is 4.72. The van der Waals surface area contributed by atoms with Gasteiger partial charge in [-0.1, -0.05) is 54.2 Å². The van der Waals surface area contributed by atoms with Gasteiger partial charge in [0.1, 0.15) is 0 Å². The average Bonchev–Trinajstić information content (AvgIpc) is 2.95. The lowest BCUT2D eigenvalue weighted by Crippen LogP contribution is -2.37. The van der Waals surface area contributed by atoms with E-state index in [0.29, 0.717) is 12.5 Å². The van der Waals surface area contributed by atoms with Crippen LogP contribution in [0.1, 0.15) is 23.1 Å². The van der Waals surface area contributed by atoms with Crippen molar-refractivity contribution in [2.24, 2.45) is 0 Å². The second kappa shape index (κ2) is 7.16. The van der Waals surface area contributed by atoms with E-state index in [1.54, 1.807) is 0 Å². The summed E-state index contributed by atoms with van der Waals surface area (Å²) in [6.45, 7) is 0. The largest absolute Gasteiger partial charge is 0.371 e. The Morgan fingerprint density at radius 1 is 1.08 bits per heavy atom. The highest BCUT2D eigenvalue weighted by Gasteiger charge is 2.32. The first-order valence-corrected chi connectivity index (χ1v) is 9.88. The van der Waals surface area contributed by atoms with Gasteiger partial charge in [-0.15, -0.1) is 0 Å². The molecule has 2 aromatic rings. The maximum atomic E-state index is 11.8. The van der Waals surface area contributed by atoms with Crippen LogP contribution in [0.5, 0.6) is 0 Å². The lowest BCUT2D eigenvalue weighted by molar-refractivity contribution is -0.118. The monoisotopic (exact) mass is 366 g/mol. The molecule has 1 saturated heterocycles. The molecule has 2 aromatic carbocycles. The Balaban J connectivity index is 1.48. The van der Waals surface area contributed by atoms with Crippen LogP contribution in [-0.2, 0) is 24.1 Å². The Bertz CT molecular complexity index is 837. The molecule has 0 spiro atoms. The fourth-order valence-corrected chi connectivity index (χ4v) is 4.75. The highest BCUT2D eigenvalue weighted by atomic mass is 32.2. The molecule has 1 N–H and O–H groups in total. The third kappa shape index (κ3) is 3.49. The van der Waals surface area contributed by atoms with E-state index < -0.39 is 0 Å². The molecule has 2 atom stereocenters. The molecule has 26 heavy (non-hydrogen) atoms. The van der Waals surface area contributed by atoms with E-state index in [-0.39, 0.29) is 16.4 Å². The zero-order valence-corrected chi connectivity index (χ0v) is 15.6. The van der Waals surface area contributed by atoms with Crippen LogP contribution in [0.3, 0.4) is 0 Å². The van der Waals surface area contributed by atoms with Crippen LogP contribution < -0.4 is 10.2 Å². The van der Waals surface area contributed by atoms with Crippen LogP contribution in [-0.4, -0.2) is 29.5 Å². The molecule has 0 saturated carbocycles. The van der Waals surface area contributed by atoms with Gasteiger partial charge in [0.15, 0.2) is 0 Å². The molecule has 0 radical (unpaired) electrons. The number of thioether (sulfide) groups is 1. The van der Waals surface area contributed by atoms with Gasteiger partial charge >= 0.3 is 0 Å². The third-order valence-electron chi connectivity index (χ3n) is 5.32. The summed E-state index contributed by atoms with van der Waals surface area (Å²) < 4.78 is 0. The van der Waals surface area contributed by atoms with E-state index >= 15 is 0 Å². The Hall–Kier alpha value is -2.27. The topological polar surface area (TPSA) is 49.4 Å². The van der Waals surface area contributed by atoms with Gasteiger partial charge < -0.3 is 4.90 Å². The molecule has 5 heteroatoms. The van der Waals surface area contributed by atoms with E-state index in [2.05, 4.69) is 65.8 Å². The molecule has 4 rings (SSSR count). The summed E-state index contributed by atoms with van der Waals surface area (Å²) in [7, 11) is 2.17. The minimum atomic E-state index is -0.298. The predicted octanol–water partition coefficient (Wildman–Crippen LogP) is 3.57. The van der Waals surface area contributed by atoms with Crippen molar-refractivity contribution in [3.05, 3.63) is 65.2 Å². The molecule has 0 aromatic heterocycles. The van der Waals surface area contributed by atoms with Gasteiger partial charge in [0.2, 0.25) is 5.91 Å². The first kappa shape index (κ1) is 17.2. The quantitative estimate of drug-likeness (QED) is 0.899. The highest BCUT2D eigenvalue weighted by Crippen LogP contribution is 2.33. The molecule has 2 unspecified atom stereocenters. The highest BCUT2D eigenvalue weighted by molar-refractivity contribution is 8.15. The van der Waals surface area contributed by atoms with Gasteiger partial charge in [-0.25, -0.2) is 0 Å². The Morgan fingerprint density at radius 2 is 1.88 bits per heavy atom.